The van der Waals surface area contributed by atoms with Crippen molar-refractivity contribution in [3.05, 3.63) is 46.7 Å². The van der Waals surface area contributed by atoms with Gasteiger partial charge in [0.1, 0.15) is 11.5 Å². The molecule has 3 heterocycles. The third-order valence-electron chi connectivity index (χ3n) is 4.49. The first-order valence-corrected chi connectivity index (χ1v) is 9.25. The average molecular weight is 383 g/mol. The minimum Gasteiger partial charge on any atom is -0.466 e. The summed E-state index contributed by atoms with van der Waals surface area (Å²) in [5.74, 6) is 0.403. The summed E-state index contributed by atoms with van der Waals surface area (Å²) in [7, 11) is 0. The summed E-state index contributed by atoms with van der Waals surface area (Å²) in [6, 6.07) is 3.48. The SMILES string of the molecule is Cc1cc(C(=O)NNC(=O)c2cc(C(C)C)nc3c2cnn3C(C)C)c(C)o1. The number of pyridine rings is 1. The molecule has 8 nitrogen and oxygen atoms in total. The Morgan fingerprint density at radius 2 is 1.68 bits per heavy atom. The van der Waals surface area contributed by atoms with Crippen molar-refractivity contribution >= 4 is 22.8 Å². The molecule has 2 amide bonds. The summed E-state index contributed by atoms with van der Waals surface area (Å²) < 4.78 is 7.15. The topological polar surface area (TPSA) is 102 Å². The molecule has 0 unspecified atom stereocenters. The smallest absolute Gasteiger partial charge is 0.273 e. The van der Waals surface area contributed by atoms with Crippen molar-refractivity contribution in [2.75, 3.05) is 0 Å². The number of rotatable bonds is 4. The fourth-order valence-electron chi connectivity index (χ4n) is 3.00. The zero-order chi connectivity index (χ0) is 20.6. The van der Waals surface area contributed by atoms with Crippen LogP contribution in [-0.4, -0.2) is 26.6 Å². The number of furan rings is 1. The first kappa shape index (κ1) is 19.6. The number of aryl methyl sites for hydroxylation is 2. The van der Waals surface area contributed by atoms with Crippen molar-refractivity contribution in [2.24, 2.45) is 0 Å². The zero-order valence-electron chi connectivity index (χ0n) is 17.0. The fraction of sp³-hybridized carbons (Fsp3) is 0.400. The van der Waals surface area contributed by atoms with Gasteiger partial charge in [-0.05, 0) is 45.7 Å². The maximum Gasteiger partial charge on any atom is 0.273 e. The van der Waals surface area contributed by atoms with Gasteiger partial charge in [0.25, 0.3) is 11.8 Å². The molecule has 148 valence electrons. The number of aromatic nitrogens is 3. The van der Waals surface area contributed by atoms with E-state index in [0.717, 1.165) is 5.69 Å². The van der Waals surface area contributed by atoms with Crippen molar-refractivity contribution in [2.45, 2.75) is 53.5 Å². The van der Waals surface area contributed by atoms with Crippen molar-refractivity contribution in [3.8, 4) is 0 Å². The van der Waals surface area contributed by atoms with E-state index in [4.69, 9.17) is 4.42 Å². The summed E-state index contributed by atoms with van der Waals surface area (Å²) in [6.07, 6.45) is 1.63. The molecule has 0 radical (unpaired) electrons. The van der Waals surface area contributed by atoms with E-state index in [0.29, 0.717) is 33.7 Å². The lowest BCUT2D eigenvalue weighted by Crippen LogP contribution is -2.41. The second-order valence-corrected chi connectivity index (χ2v) is 7.40. The number of nitrogens with one attached hydrogen (secondary N) is 2. The van der Waals surface area contributed by atoms with E-state index < -0.39 is 11.8 Å². The summed E-state index contributed by atoms with van der Waals surface area (Å²) in [5, 5.41) is 5.01. The van der Waals surface area contributed by atoms with Gasteiger partial charge in [-0.3, -0.25) is 20.4 Å². The van der Waals surface area contributed by atoms with Crippen molar-refractivity contribution < 1.29 is 14.0 Å². The van der Waals surface area contributed by atoms with Gasteiger partial charge < -0.3 is 4.42 Å². The highest BCUT2D eigenvalue weighted by molar-refractivity contribution is 6.06. The molecule has 8 heteroatoms. The van der Waals surface area contributed by atoms with Crippen LogP contribution in [0.4, 0.5) is 0 Å². The summed E-state index contributed by atoms with van der Waals surface area (Å²) in [4.78, 5) is 29.8. The molecule has 3 aromatic heterocycles. The van der Waals surface area contributed by atoms with Gasteiger partial charge in [-0.25, -0.2) is 9.67 Å². The van der Waals surface area contributed by atoms with E-state index in [9.17, 15) is 9.59 Å². The van der Waals surface area contributed by atoms with Crippen molar-refractivity contribution in [3.63, 3.8) is 0 Å². The lowest BCUT2D eigenvalue weighted by atomic mass is 10.1. The van der Waals surface area contributed by atoms with Crippen LogP contribution in [-0.2, 0) is 0 Å². The number of amides is 2. The second-order valence-electron chi connectivity index (χ2n) is 7.40. The molecule has 2 N–H and O–H groups in total. The maximum atomic E-state index is 12.8. The number of carbonyl (C=O) groups excluding carboxylic acids is 2. The van der Waals surface area contributed by atoms with Gasteiger partial charge in [0, 0.05) is 11.7 Å². The van der Waals surface area contributed by atoms with Gasteiger partial charge >= 0.3 is 0 Å². The van der Waals surface area contributed by atoms with Gasteiger partial charge in [0.15, 0.2) is 5.65 Å². The largest absolute Gasteiger partial charge is 0.466 e. The van der Waals surface area contributed by atoms with Crippen LogP contribution in [0.15, 0.2) is 22.7 Å². The fourth-order valence-corrected chi connectivity index (χ4v) is 3.00. The number of fused-ring (bicyclic) bond motifs is 1. The molecule has 3 aromatic rings. The van der Waals surface area contributed by atoms with Crippen LogP contribution in [0.5, 0.6) is 0 Å². The molecule has 0 atom stereocenters. The number of hydrazine groups is 1. The quantitative estimate of drug-likeness (QED) is 0.672. The molecule has 0 aliphatic rings. The van der Waals surface area contributed by atoms with Crippen LogP contribution in [0.1, 0.15) is 77.6 Å². The predicted molar refractivity (Wildman–Crippen MR) is 105 cm³/mol. The molecule has 0 aliphatic heterocycles. The lowest BCUT2D eigenvalue weighted by Gasteiger charge is -2.12. The van der Waals surface area contributed by atoms with E-state index in [-0.39, 0.29) is 12.0 Å². The number of carbonyl (C=O) groups is 2. The van der Waals surface area contributed by atoms with Gasteiger partial charge in [0.05, 0.1) is 22.7 Å². The van der Waals surface area contributed by atoms with Crippen LogP contribution >= 0.6 is 0 Å². The molecule has 3 rings (SSSR count). The van der Waals surface area contributed by atoms with E-state index in [1.807, 2.05) is 27.7 Å². The Labute approximate surface area is 163 Å². The number of hydrogen-bond donors (Lipinski definition) is 2. The Morgan fingerprint density at radius 1 is 1.04 bits per heavy atom. The Hall–Kier alpha value is -3.16. The van der Waals surface area contributed by atoms with Gasteiger partial charge in [-0.15, -0.1) is 0 Å². The third-order valence-corrected chi connectivity index (χ3v) is 4.49. The Bertz CT molecular complexity index is 1050. The summed E-state index contributed by atoms with van der Waals surface area (Å²) >= 11 is 0. The molecule has 28 heavy (non-hydrogen) atoms. The molecule has 0 saturated heterocycles. The Balaban J connectivity index is 1.90. The molecule has 0 bridgehead atoms. The monoisotopic (exact) mass is 383 g/mol. The van der Waals surface area contributed by atoms with E-state index in [2.05, 4.69) is 20.9 Å². The maximum absolute atomic E-state index is 12.8. The standard InChI is InChI=1S/C20H25N5O3/c1-10(2)17-8-15(16-9-21-25(11(3)4)18(16)22-17)20(27)24-23-19(26)14-7-12(5)28-13(14)6/h7-11H,1-6H3,(H,23,26)(H,24,27). The third kappa shape index (κ3) is 3.62. The van der Waals surface area contributed by atoms with Crippen molar-refractivity contribution in [1.29, 1.82) is 0 Å². The Kier molecular flexibility index (Phi) is 5.22. The zero-order valence-corrected chi connectivity index (χ0v) is 17.0. The molecule has 0 aliphatic carbocycles. The molecule has 0 saturated carbocycles. The van der Waals surface area contributed by atoms with E-state index in [1.54, 1.807) is 36.9 Å². The van der Waals surface area contributed by atoms with Gasteiger partial charge in [-0.1, -0.05) is 13.8 Å². The number of hydrogen-bond acceptors (Lipinski definition) is 5. The first-order valence-electron chi connectivity index (χ1n) is 9.25. The van der Waals surface area contributed by atoms with E-state index in [1.165, 1.54) is 0 Å². The average Bonchev–Trinajstić information content (AvgIpc) is 3.21. The van der Waals surface area contributed by atoms with Crippen LogP contribution < -0.4 is 10.9 Å². The van der Waals surface area contributed by atoms with Crippen LogP contribution in [0.25, 0.3) is 11.0 Å². The first-order chi connectivity index (χ1) is 13.2. The lowest BCUT2D eigenvalue weighted by molar-refractivity contribution is 0.0846. The Morgan fingerprint density at radius 3 is 2.21 bits per heavy atom. The minimum absolute atomic E-state index is 0.107. The normalized spacial score (nSPS) is 11.4. The minimum atomic E-state index is -0.435. The van der Waals surface area contributed by atoms with Crippen LogP contribution in [0.2, 0.25) is 0 Å². The highest BCUT2D eigenvalue weighted by Crippen LogP contribution is 2.24. The summed E-state index contributed by atoms with van der Waals surface area (Å²) in [6.45, 7) is 11.5. The van der Waals surface area contributed by atoms with Crippen LogP contribution in [0, 0.1) is 13.8 Å². The highest BCUT2D eigenvalue weighted by atomic mass is 16.3. The molecular formula is C20H25N5O3. The summed E-state index contributed by atoms with van der Waals surface area (Å²) in [5.41, 5.74) is 7.17. The molecule has 0 aromatic carbocycles. The predicted octanol–water partition coefficient (Wildman–Crippen LogP) is 3.42. The van der Waals surface area contributed by atoms with Crippen molar-refractivity contribution in [1.82, 2.24) is 25.6 Å². The molecule has 0 spiro atoms. The molecule has 0 fully saturated rings. The second kappa shape index (κ2) is 7.46. The van der Waals surface area contributed by atoms with Gasteiger partial charge in [0.2, 0.25) is 0 Å². The highest BCUT2D eigenvalue weighted by Gasteiger charge is 2.20. The van der Waals surface area contributed by atoms with Gasteiger partial charge in [-0.2, -0.15) is 5.10 Å². The van der Waals surface area contributed by atoms with E-state index >= 15 is 0 Å². The molecular weight excluding hydrogens is 358 g/mol. The van der Waals surface area contributed by atoms with Crippen LogP contribution in [0.3, 0.4) is 0 Å². The number of nitrogens with zero attached hydrogens (tertiary/aromatic N) is 3.